The third-order valence-electron chi connectivity index (χ3n) is 3.64. The van der Waals surface area contributed by atoms with Crippen molar-refractivity contribution in [1.82, 2.24) is 0 Å². The maximum Gasteiger partial charge on any atom is 0.270 e. The van der Waals surface area contributed by atoms with E-state index in [4.69, 9.17) is 17.0 Å². The van der Waals surface area contributed by atoms with Crippen LogP contribution in [0.1, 0.15) is 18.1 Å². The summed E-state index contributed by atoms with van der Waals surface area (Å²) in [6.07, 6.45) is 1.76. The molecule has 0 radical (unpaired) electrons. The molecule has 1 aliphatic heterocycles. The van der Waals surface area contributed by atoms with E-state index in [-0.39, 0.29) is 11.7 Å². The Hall–Kier alpha value is -2.31. The molecular formula is C19H17NO3S2. The predicted octanol–water partition coefficient (Wildman–Crippen LogP) is 4.51. The molecule has 1 N–H and O–H groups in total. The van der Waals surface area contributed by atoms with E-state index in [0.717, 1.165) is 16.8 Å². The molecule has 0 aliphatic carbocycles. The number of ether oxygens (including phenoxy) is 1. The summed E-state index contributed by atoms with van der Waals surface area (Å²) in [6, 6.07) is 12.7. The molecule has 0 saturated carbocycles. The van der Waals surface area contributed by atoms with Crippen LogP contribution in [0.2, 0.25) is 0 Å². The molecule has 0 bridgehead atoms. The first-order chi connectivity index (χ1) is 12.0. The quantitative estimate of drug-likeness (QED) is 0.633. The van der Waals surface area contributed by atoms with E-state index in [9.17, 15) is 9.90 Å². The average Bonchev–Trinajstić information content (AvgIpc) is 2.85. The molecule has 1 aliphatic rings. The van der Waals surface area contributed by atoms with E-state index in [1.54, 1.807) is 29.2 Å². The molecule has 3 rings (SSSR count). The van der Waals surface area contributed by atoms with Gasteiger partial charge in [0.05, 0.1) is 17.2 Å². The number of aromatic hydroxyl groups is 1. The number of thiocarbonyl (C=S) groups is 1. The van der Waals surface area contributed by atoms with Crippen molar-refractivity contribution in [3.05, 3.63) is 58.5 Å². The van der Waals surface area contributed by atoms with E-state index in [1.165, 1.54) is 11.8 Å². The number of carbonyl (C=O) groups is 1. The zero-order chi connectivity index (χ0) is 18.0. The standard InChI is InChI=1S/C19H17NO3S2/c1-3-23-16-10-13(7-8-15(16)21)11-17-18(22)20(19(24)25-17)14-6-4-5-12(2)9-14/h4-11,21H,3H2,1-2H3. The van der Waals surface area contributed by atoms with Crippen molar-refractivity contribution in [2.24, 2.45) is 0 Å². The van der Waals surface area contributed by atoms with Crippen molar-refractivity contribution < 1.29 is 14.6 Å². The second-order valence-corrected chi connectivity index (χ2v) is 7.19. The van der Waals surface area contributed by atoms with E-state index in [1.807, 2.05) is 38.1 Å². The Balaban J connectivity index is 1.92. The fourth-order valence-electron chi connectivity index (χ4n) is 2.50. The molecule has 0 atom stereocenters. The zero-order valence-electron chi connectivity index (χ0n) is 13.9. The second kappa shape index (κ2) is 7.29. The fraction of sp³-hybridized carbons (Fsp3) is 0.158. The molecular weight excluding hydrogens is 354 g/mol. The van der Waals surface area contributed by atoms with Gasteiger partial charge in [-0.15, -0.1) is 0 Å². The topological polar surface area (TPSA) is 49.8 Å². The number of aryl methyl sites for hydroxylation is 1. The molecule has 1 fully saturated rings. The number of hydrogen-bond donors (Lipinski definition) is 1. The fourth-order valence-corrected chi connectivity index (χ4v) is 3.80. The number of nitrogens with zero attached hydrogens (tertiary/aromatic N) is 1. The SMILES string of the molecule is CCOc1cc(C=C2SC(=S)N(c3cccc(C)c3)C2=O)ccc1O. The number of phenols is 1. The zero-order valence-corrected chi connectivity index (χ0v) is 15.5. The first-order valence-electron chi connectivity index (χ1n) is 7.80. The van der Waals surface area contributed by atoms with Crippen molar-refractivity contribution in [1.29, 1.82) is 0 Å². The summed E-state index contributed by atoms with van der Waals surface area (Å²) in [5.41, 5.74) is 2.60. The van der Waals surface area contributed by atoms with Crippen LogP contribution in [0.15, 0.2) is 47.4 Å². The molecule has 2 aromatic rings. The molecule has 25 heavy (non-hydrogen) atoms. The minimum atomic E-state index is -0.147. The molecule has 128 valence electrons. The van der Waals surface area contributed by atoms with Gasteiger partial charge in [0, 0.05) is 0 Å². The van der Waals surface area contributed by atoms with Crippen LogP contribution in [0.3, 0.4) is 0 Å². The van der Waals surface area contributed by atoms with Crippen LogP contribution in [0.5, 0.6) is 11.5 Å². The maximum atomic E-state index is 12.8. The number of benzene rings is 2. The molecule has 6 heteroatoms. The van der Waals surface area contributed by atoms with E-state index in [0.29, 0.717) is 21.6 Å². The summed E-state index contributed by atoms with van der Waals surface area (Å²) in [7, 11) is 0. The van der Waals surface area contributed by atoms with Crippen LogP contribution in [-0.4, -0.2) is 21.9 Å². The highest BCUT2D eigenvalue weighted by Gasteiger charge is 2.33. The van der Waals surface area contributed by atoms with Gasteiger partial charge in [-0.25, -0.2) is 0 Å². The molecule has 4 nitrogen and oxygen atoms in total. The first kappa shape index (κ1) is 17.5. The van der Waals surface area contributed by atoms with Gasteiger partial charge in [0.25, 0.3) is 5.91 Å². The monoisotopic (exact) mass is 371 g/mol. The number of rotatable bonds is 4. The molecule has 0 unspecified atom stereocenters. The Labute approximate surface area is 156 Å². The van der Waals surface area contributed by atoms with Gasteiger partial charge in [0.1, 0.15) is 0 Å². The van der Waals surface area contributed by atoms with Gasteiger partial charge >= 0.3 is 0 Å². The summed E-state index contributed by atoms with van der Waals surface area (Å²) >= 11 is 6.65. The lowest BCUT2D eigenvalue weighted by Gasteiger charge is -2.14. The molecule has 0 spiro atoms. The van der Waals surface area contributed by atoms with Crippen LogP contribution in [0.25, 0.3) is 6.08 Å². The smallest absolute Gasteiger partial charge is 0.270 e. The minimum absolute atomic E-state index is 0.0753. The van der Waals surface area contributed by atoms with Crippen LogP contribution < -0.4 is 9.64 Å². The Morgan fingerprint density at radius 1 is 1.28 bits per heavy atom. The van der Waals surface area contributed by atoms with Crippen LogP contribution >= 0.6 is 24.0 Å². The molecule has 0 aromatic heterocycles. The van der Waals surface area contributed by atoms with Gasteiger partial charge in [-0.3, -0.25) is 9.69 Å². The highest BCUT2D eigenvalue weighted by atomic mass is 32.2. The Morgan fingerprint density at radius 3 is 2.80 bits per heavy atom. The van der Waals surface area contributed by atoms with Crippen molar-refractivity contribution in [2.75, 3.05) is 11.5 Å². The number of phenolic OH excluding ortho intramolecular Hbond substituents is 1. The molecule has 1 heterocycles. The van der Waals surface area contributed by atoms with Gasteiger partial charge in [-0.05, 0) is 55.3 Å². The van der Waals surface area contributed by atoms with Crippen molar-refractivity contribution in [3.63, 3.8) is 0 Å². The lowest BCUT2D eigenvalue weighted by atomic mass is 10.1. The van der Waals surface area contributed by atoms with Gasteiger partial charge in [-0.1, -0.05) is 42.2 Å². The number of carbonyl (C=O) groups excluding carboxylic acids is 1. The van der Waals surface area contributed by atoms with Gasteiger partial charge < -0.3 is 9.84 Å². The number of hydrogen-bond acceptors (Lipinski definition) is 5. The van der Waals surface area contributed by atoms with Crippen molar-refractivity contribution in [2.45, 2.75) is 13.8 Å². The van der Waals surface area contributed by atoms with Crippen LogP contribution in [0.4, 0.5) is 5.69 Å². The Bertz CT molecular complexity index is 877. The van der Waals surface area contributed by atoms with E-state index in [2.05, 4.69) is 0 Å². The van der Waals surface area contributed by atoms with Gasteiger partial charge in [0.15, 0.2) is 15.8 Å². The summed E-state index contributed by atoms with van der Waals surface area (Å²) in [5.74, 6) is 0.323. The molecule has 2 aromatic carbocycles. The Morgan fingerprint density at radius 2 is 2.08 bits per heavy atom. The lowest BCUT2D eigenvalue weighted by molar-refractivity contribution is -0.113. The number of anilines is 1. The van der Waals surface area contributed by atoms with Crippen molar-refractivity contribution >= 4 is 46.0 Å². The third-order valence-corrected chi connectivity index (χ3v) is 4.94. The largest absolute Gasteiger partial charge is 0.504 e. The summed E-state index contributed by atoms with van der Waals surface area (Å²) in [5, 5.41) is 9.79. The minimum Gasteiger partial charge on any atom is -0.504 e. The molecule has 1 amide bonds. The van der Waals surface area contributed by atoms with E-state index >= 15 is 0 Å². The lowest BCUT2D eigenvalue weighted by Crippen LogP contribution is -2.27. The number of amides is 1. The maximum absolute atomic E-state index is 12.8. The summed E-state index contributed by atoms with van der Waals surface area (Å²) in [6.45, 7) is 4.27. The normalized spacial score (nSPS) is 15.9. The number of thioether (sulfide) groups is 1. The summed E-state index contributed by atoms with van der Waals surface area (Å²) in [4.78, 5) is 14.9. The Kier molecular flexibility index (Phi) is 5.11. The second-order valence-electron chi connectivity index (χ2n) is 5.52. The highest BCUT2D eigenvalue weighted by Crippen LogP contribution is 2.37. The van der Waals surface area contributed by atoms with Gasteiger partial charge in [-0.2, -0.15) is 0 Å². The first-order valence-corrected chi connectivity index (χ1v) is 9.02. The predicted molar refractivity (Wildman–Crippen MR) is 106 cm³/mol. The van der Waals surface area contributed by atoms with Crippen molar-refractivity contribution in [3.8, 4) is 11.5 Å². The van der Waals surface area contributed by atoms with Gasteiger partial charge in [0.2, 0.25) is 0 Å². The summed E-state index contributed by atoms with van der Waals surface area (Å²) < 4.78 is 5.89. The van der Waals surface area contributed by atoms with Crippen LogP contribution in [0, 0.1) is 6.92 Å². The highest BCUT2D eigenvalue weighted by molar-refractivity contribution is 8.27. The molecule has 1 saturated heterocycles. The van der Waals surface area contributed by atoms with E-state index < -0.39 is 0 Å². The average molecular weight is 371 g/mol. The van der Waals surface area contributed by atoms with Crippen LogP contribution in [-0.2, 0) is 4.79 Å². The third kappa shape index (κ3) is 3.70.